The Kier molecular flexibility index (Phi) is 5.15. The normalized spacial score (nSPS) is 15.8. The molecule has 1 unspecified atom stereocenters. The molecule has 2 heterocycles. The molecule has 0 N–H and O–H groups in total. The fourth-order valence-corrected chi connectivity index (χ4v) is 3.94. The lowest BCUT2D eigenvalue weighted by Gasteiger charge is -2.30. The van der Waals surface area contributed by atoms with E-state index in [1.165, 1.54) is 23.5 Å². The highest BCUT2D eigenvalue weighted by atomic mass is 32.1. The summed E-state index contributed by atoms with van der Waals surface area (Å²) in [6.07, 6.45) is -0.763. The molecule has 28 heavy (non-hydrogen) atoms. The van der Waals surface area contributed by atoms with E-state index in [1.54, 1.807) is 17.0 Å². The second kappa shape index (κ2) is 7.73. The van der Waals surface area contributed by atoms with Gasteiger partial charge in [-0.2, -0.15) is 0 Å². The number of rotatable bonds is 5. The van der Waals surface area contributed by atoms with Gasteiger partial charge in [-0.1, -0.05) is 23.5 Å². The van der Waals surface area contributed by atoms with E-state index in [1.807, 2.05) is 37.2 Å². The van der Waals surface area contributed by atoms with Crippen molar-refractivity contribution in [1.29, 1.82) is 0 Å². The van der Waals surface area contributed by atoms with Crippen LogP contribution in [0.1, 0.15) is 0 Å². The predicted octanol–water partition coefficient (Wildman–Crippen LogP) is 3.17. The van der Waals surface area contributed by atoms with Crippen LogP contribution in [0.2, 0.25) is 0 Å². The van der Waals surface area contributed by atoms with Crippen LogP contribution < -0.4 is 14.4 Å². The Morgan fingerprint density at radius 3 is 2.79 bits per heavy atom. The number of likely N-dealkylation sites (N-methyl/N-ethyl adjacent to an activating group) is 1. The standard InChI is InChI=1S/C20H20FN3O3S/c1-23(2)9-10-24(20-22-14-8-7-13(21)11-18(14)28-20)19(25)17-12-26-15-5-3-4-6-16(15)27-17/h3-8,11,17H,9-10,12H2,1-2H3. The number of thiazole rings is 1. The monoisotopic (exact) mass is 401 g/mol. The first-order chi connectivity index (χ1) is 13.5. The van der Waals surface area contributed by atoms with Gasteiger partial charge in [-0.05, 0) is 44.4 Å². The first-order valence-corrected chi connectivity index (χ1v) is 9.73. The summed E-state index contributed by atoms with van der Waals surface area (Å²) in [5, 5.41) is 0.523. The molecule has 146 valence electrons. The zero-order chi connectivity index (χ0) is 19.7. The first-order valence-electron chi connectivity index (χ1n) is 8.92. The molecule has 1 atom stereocenters. The van der Waals surface area contributed by atoms with Crippen molar-refractivity contribution in [3.63, 3.8) is 0 Å². The highest BCUT2D eigenvalue weighted by molar-refractivity contribution is 7.22. The van der Waals surface area contributed by atoms with Crippen LogP contribution in [0.3, 0.4) is 0 Å². The molecule has 0 radical (unpaired) electrons. The van der Waals surface area contributed by atoms with E-state index >= 15 is 0 Å². The topological polar surface area (TPSA) is 54.9 Å². The minimum Gasteiger partial charge on any atom is -0.485 e. The lowest BCUT2D eigenvalue weighted by Crippen LogP contribution is -2.48. The summed E-state index contributed by atoms with van der Waals surface area (Å²) in [6, 6.07) is 11.7. The van der Waals surface area contributed by atoms with Crippen molar-refractivity contribution in [3.05, 3.63) is 48.3 Å². The Morgan fingerprint density at radius 2 is 2.00 bits per heavy atom. The zero-order valence-electron chi connectivity index (χ0n) is 15.6. The SMILES string of the molecule is CN(C)CCN(C(=O)C1COc2ccccc2O1)c1nc2ccc(F)cc2s1. The number of aromatic nitrogens is 1. The number of hydrogen-bond donors (Lipinski definition) is 0. The molecule has 8 heteroatoms. The van der Waals surface area contributed by atoms with Gasteiger partial charge < -0.3 is 14.4 Å². The van der Waals surface area contributed by atoms with Crippen molar-refractivity contribution >= 4 is 32.6 Å². The third kappa shape index (κ3) is 3.79. The maximum atomic E-state index is 13.5. The van der Waals surface area contributed by atoms with Crippen molar-refractivity contribution in [2.45, 2.75) is 6.10 Å². The van der Waals surface area contributed by atoms with Crippen molar-refractivity contribution < 1.29 is 18.7 Å². The number of amides is 1. The van der Waals surface area contributed by atoms with Gasteiger partial charge in [0.05, 0.1) is 10.2 Å². The molecular weight excluding hydrogens is 381 g/mol. The third-order valence-corrected chi connectivity index (χ3v) is 5.43. The van der Waals surface area contributed by atoms with Gasteiger partial charge in [0, 0.05) is 13.1 Å². The predicted molar refractivity (Wildman–Crippen MR) is 107 cm³/mol. The number of halogens is 1. The largest absolute Gasteiger partial charge is 0.485 e. The van der Waals surface area contributed by atoms with Gasteiger partial charge in [0.25, 0.3) is 5.91 Å². The van der Waals surface area contributed by atoms with Crippen LogP contribution in [0.4, 0.5) is 9.52 Å². The number of para-hydroxylation sites is 2. The van der Waals surface area contributed by atoms with Crippen LogP contribution in [-0.2, 0) is 4.79 Å². The van der Waals surface area contributed by atoms with Gasteiger partial charge in [-0.25, -0.2) is 9.37 Å². The number of fused-ring (bicyclic) bond motifs is 2. The molecule has 2 aromatic carbocycles. The zero-order valence-corrected chi connectivity index (χ0v) is 16.4. The summed E-state index contributed by atoms with van der Waals surface area (Å²) < 4.78 is 25.8. The Balaban J connectivity index is 1.62. The van der Waals surface area contributed by atoms with Crippen LogP contribution in [0, 0.1) is 5.82 Å². The quantitative estimate of drug-likeness (QED) is 0.657. The summed E-state index contributed by atoms with van der Waals surface area (Å²) in [5.74, 6) is 0.623. The summed E-state index contributed by atoms with van der Waals surface area (Å²) in [6.45, 7) is 1.23. The molecule has 6 nitrogen and oxygen atoms in total. The molecule has 1 amide bonds. The smallest absolute Gasteiger partial charge is 0.273 e. The molecule has 0 saturated heterocycles. The van der Waals surface area contributed by atoms with Crippen molar-refractivity contribution in [2.75, 3.05) is 38.7 Å². The number of ether oxygens (including phenoxy) is 2. The van der Waals surface area contributed by atoms with Crippen molar-refractivity contribution in [3.8, 4) is 11.5 Å². The number of nitrogens with zero attached hydrogens (tertiary/aromatic N) is 3. The summed E-state index contributed by atoms with van der Waals surface area (Å²) in [5.41, 5.74) is 0.662. The molecule has 0 aliphatic carbocycles. The second-order valence-corrected chi connectivity index (χ2v) is 7.77. The molecule has 0 bridgehead atoms. The molecule has 0 fully saturated rings. The Morgan fingerprint density at radius 1 is 1.21 bits per heavy atom. The van der Waals surface area contributed by atoms with E-state index in [-0.39, 0.29) is 18.3 Å². The minimum absolute atomic E-state index is 0.133. The highest BCUT2D eigenvalue weighted by Gasteiger charge is 2.33. The summed E-state index contributed by atoms with van der Waals surface area (Å²) in [4.78, 5) is 21.4. The molecule has 0 saturated carbocycles. The molecule has 4 rings (SSSR count). The van der Waals surface area contributed by atoms with Gasteiger partial charge in [-0.3, -0.25) is 9.69 Å². The molecule has 1 aliphatic heterocycles. The van der Waals surface area contributed by atoms with Crippen LogP contribution in [0.25, 0.3) is 10.2 Å². The van der Waals surface area contributed by atoms with Crippen LogP contribution >= 0.6 is 11.3 Å². The number of carbonyl (C=O) groups excluding carboxylic acids is 1. The first kappa shape index (κ1) is 18.6. The number of carbonyl (C=O) groups is 1. The van der Waals surface area contributed by atoms with Gasteiger partial charge >= 0.3 is 0 Å². The molecular formula is C20H20FN3O3S. The van der Waals surface area contributed by atoms with E-state index < -0.39 is 6.10 Å². The van der Waals surface area contributed by atoms with Crippen LogP contribution in [0.15, 0.2) is 42.5 Å². The summed E-state index contributed by atoms with van der Waals surface area (Å²) in [7, 11) is 3.87. The van der Waals surface area contributed by atoms with E-state index in [0.29, 0.717) is 39.9 Å². The highest BCUT2D eigenvalue weighted by Crippen LogP contribution is 2.33. The molecule has 1 aromatic heterocycles. The molecule has 0 spiro atoms. The minimum atomic E-state index is -0.763. The van der Waals surface area contributed by atoms with Crippen LogP contribution in [-0.4, -0.2) is 55.7 Å². The van der Waals surface area contributed by atoms with E-state index in [4.69, 9.17) is 9.47 Å². The fourth-order valence-electron chi connectivity index (χ4n) is 2.92. The second-order valence-electron chi connectivity index (χ2n) is 6.77. The maximum Gasteiger partial charge on any atom is 0.273 e. The average molecular weight is 401 g/mol. The van der Waals surface area contributed by atoms with E-state index in [9.17, 15) is 9.18 Å². The average Bonchev–Trinajstić information content (AvgIpc) is 3.10. The van der Waals surface area contributed by atoms with E-state index in [0.717, 1.165) is 0 Å². The fraction of sp³-hybridized carbons (Fsp3) is 0.300. The third-order valence-electron chi connectivity index (χ3n) is 4.39. The number of benzene rings is 2. The lowest BCUT2D eigenvalue weighted by molar-refractivity contribution is -0.127. The summed E-state index contributed by atoms with van der Waals surface area (Å²) >= 11 is 1.29. The van der Waals surface area contributed by atoms with Crippen molar-refractivity contribution in [2.24, 2.45) is 0 Å². The van der Waals surface area contributed by atoms with Crippen molar-refractivity contribution in [1.82, 2.24) is 9.88 Å². The Hall–Kier alpha value is -2.71. The molecule has 1 aliphatic rings. The number of hydrogen-bond acceptors (Lipinski definition) is 6. The van der Waals surface area contributed by atoms with E-state index in [2.05, 4.69) is 4.98 Å². The maximum absolute atomic E-state index is 13.5. The van der Waals surface area contributed by atoms with Gasteiger partial charge in [-0.15, -0.1) is 0 Å². The van der Waals surface area contributed by atoms with Gasteiger partial charge in [0.1, 0.15) is 12.4 Å². The number of anilines is 1. The van der Waals surface area contributed by atoms with Gasteiger partial charge in [0.15, 0.2) is 16.6 Å². The Labute approximate surface area is 166 Å². The Bertz CT molecular complexity index is 1010. The lowest BCUT2D eigenvalue weighted by atomic mass is 10.2. The van der Waals surface area contributed by atoms with Gasteiger partial charge in [0.2, 0.25) is 6.10 Å². The van der Waals surface area contributed by atoms with Crippen LogP contribution in [0.5, 0.6) is 11.5 Å². The molecule has 3 aromatic rings.